The van der Waals surface area contributed by atoms with Crippen molar-refractivity contribution in [1.29, 1.82) is 0 Å². The second kappa shape index (κ2) is 7.52. The van der Waals surface area contributed by atoms with Gasteiger partial charge in [0.05, 0.1) is 18.8 Å². The molecule has 0 spiro atoms. The summed E-state index contributed by atoms with van der Waals surface area (Å²) in [5.74, 6) is 0. The van der Waals surface area contributed by atoms with Crippen molar-refractivity contribution in [3.63, 3.8) is 0 Å². The van der Waals surface area contributed by atoms with Crippen LogP contribution < -0.4 is 5.32 Å². The maximum absolute atomic E-state index is 9.70. The molecule has 1 heterocycles. The summed E-state index contributed by atoms with van der Waals surface area (Å²) in [6.45, 7) is 1.98. The Labute approximate surface area is 123 Å². The van der Waals surface area contributed by atoms with Crippen molar-refractivity contribution in [3.8, 4) is 0 Å². The van der Waals surface area contributed by atoms with Crippen LogP contribution in [0, 0.1) is 5.41 Å². The fraction of sp³-hybridized carbons (Fsp3) is 0.750. The lowest BCUT2D eigenvalue weighted by Crippen LogP contribution is -2.36. The highest BCUT2D eigenvalue weighted by molar-refractivity contribution is 7.09. The number of rotatable bonds is 6. The van der Waals surface area contributed by atoms with Crippen molar-refractivity contribution in [2.45, 2.75) is 31.6 Å². The van der Waals surface area contributed by atoms with Gasteiger partial charge in [0.2, 0.25) is 0 Å². The van der Waals surface area contributed by atoms with Crippen LogP contribution in [0.4, 0.5) is 0 Å². The Morgan fingerprint density at radius 1 is 1.47 bits per heavy atom. The van der Waals surface area contributed by atoms with Crippen molar-refractivity contribution in [3.05, 3.63) is 16.6 Å². The number of aliphatic hydroxyl groups excluding tert-OH is 2. The van der Waals surface area contributed by atoms with E-state index in [4.69, 9.17) is 4.74 Å². The van der Waals surface area contributed by atoms with Gasteiger partial charge in [-0.3, -0.25) is 0 Å². The summed E-state index contributed by atoms with van der Waals surface area (Å²) in [6, 6.07) is 0. The van der Waals surface area contributed by atoms with Gasteiger partial charge >= 0.3 is 0 Å². The fourth-order valence-corrected chi connectivity index (χ4v) is 3.22. The van der Waals surface area contributed by atoms with E-state index in [2.05, 4.69) is 10.3 Å². The van der Waals surface area contributed by atoms with Crippen molar-refractivity contribution in [1.82, 2.24) is 10.3 Å². The molecular weight excluding hydrogens is 288 g/mol. The number of nitrogens with zero attached hydrogens (tertiary/aromatic N) is 1. The largest absolute Gasteiger partial charge is 0.390 e. The molecule has 3 N–H and O–H groups in total. The summed E-state index contributed by atoms with van der Waals surface area (Å²) in [5, 5.41) is 25.7. The molecule has 1 saturated carbocycles. The number of halogens is 1. The van der Waals surface area contributed by atoms with Crippen molar-refractivity contribution in [2.75, 3.05) is 20.3 Å². The lowest BCUT2D eigenvalue weighted by atomic mass is 9.87. The van der Waals surface area contributed by atoms with Crippen LogP contribution in [0.5, 0.6) is 0 Å². The fourth-order valence-electron chi connectivity index (χ4n) is 2.64. The Bertz CT molecular complexity index is 354. The molecule has 1 aliphatic carbocycles. The minimum Gasteiger partial charge on any atom is -0.390 e. The van der Waals surface area contributed by atoms with E-state index in [1.165, 1.54) is 0 Å². The molecular formula is C12H21ClN2O3S. The Balaban J connectivity index is 0.00000180. The third-order valence-corrected chi connectivity index (χ3v) is 4.22. The minimum absolute atomic E-state index is 0. The molecule has 0 aromatic carbocycles. The van der Waals surface area contributed by atoms with Gasteiger partial charge in [-0.05, 0) is 12.8 Å². The second-order valence-electron chi connectivity index (χ2n) is 5.01. The number of hydrogen-bond acceptors (Lipinski definition) is 6. The molecule has 2 rings (SSSR count). The SMILES string of the molecule is COCC1(CNCc2nccs2)C[C@@H](O)[C@@H](O)C1.Cl. The monoisotopic (exact) mass is 308 g/mol. The van der Waals surface area contributed by atoms with Crippen molar-refractivity contribution in [2.24, 2.45) is 5.41 Å². The molecule has 7 heteroatoms. The van der Waals surface area contributed by atoms with Gasteiger partial charge in [0.1, 0.15) is 5.01 Å². The maximum Gasteiger partial charge on any atom is 0.106 e. The van der Waals surface area contributed by atoms with Crippen LogP contribution in [0.15, 0.2) is 11.6 Å². The Hall–Kier alpha value is -0.240. The van der Waals surface area contributed by atoms with Crippen LogP contribution in [-0.2, 0) is 11.3 Å². The van der Waals surface area contributed by atoms with Gasteiger partial charge in [0.25, 0.3) is 0 Å². The third-order valence-electron chi connectivity index (χ3n) is 3.44. The van der Waals surface area contributed by atoms with Gasteiger partial charge in [-0.25, -0.2) is 4.98 Å². The predicted octanol–water partition coefficient (Wildman–Crippen LogP) is 0.803. The first-order valence-electron chi connectivity index (χ1n) is 6.09. The van der Waals surface area contributed by atoms with Gasteiger partial charge in [-0.1, -0.05) is 0 Å². The molecule has 0 amide bonds. The number of thiazole rings is 1. The molecule has 1 fully saturated rings. The molecule has 0 radical (unpaired) electrons. The number of aromatic nitrogens is 1. The smallest absolute Gasteiger partial charge is 0.106 e. The highest BCUT2D eigenvalue weighted by Crippen LogP contribution is 2.38. The summed E-state index contributed by atoms with van der Waals surface area (Å²) < 4.78 is 5.24. The number of hydrogen-bond donors (Lipinski definition) is 3. The van der Waals surface area contributed by atoms with E-state index in [1.54, 1.807) is 24.6 Å². The van der Waals surface area contributed by atoms with Crippen molar-refractivity contribution < 1.29 is 14.9 Å². The lowest BCUT2D eigenvalue weighted by molar-refractivity contribution is 0.0438. The van der Waals surface area contributed by atoms with E-state index < -0.39 is 12.2 Å². The third kappa shape index (κ3) is 4.37. The van der Waals surface area contributed by atoms with Crippen LogP contribution in [0.3, 0.4) is 0 Å². The average Bonchev–Trinajstić information content (AvgIpc) is 2.90. The molecule has 0 saturated heterocycles. The molecule has 1 aromatic heterocycles. The Morgan fingerprint density at radius 2 is 2.16 bits per heavy atom. The zero-order valence-corrected chi connectivity index (χ0v) is 12.5. The molecule has 1 unspecified atom stereocenters. The molecule has 0 aliphatic heterocycles. The summed E-state index contributed by atoms with van der Waals surface area (Å²) in [6.07, 6.45) is 1.67. The normalized spacial score (nSPS) is 30.3. The van der Waals surface area contributed by atoms with E-state index in [9.17, 15) is 10.2 Å². The van der Waals surface area contributed by atoms with E-state index >= 15 is 0 Å². The summed E-state index contributed by atoms with van der Waals surface area (Å²) in [7, 11) is 1.65. The van der Waals surface area contributed by atoms with Gasteiger partial charge < -0.3 is 20.3 Å². The first kappa shape index (κ1) is 16.8. The predicted molar refractivity (Wildman–Crippen MR) is 76.6 cm³/mol. The zero-order valence-electron chi connectivity index (χ0n) is 10.9. The van der Waals surface area contributed by atoms with Crippen LogP contribution in [0.25, 0.3) is 0 Å². The molecule has 5 nitrogen and oxygen atoms in total. The van der Waals surface area contributed by atoms with Crippen LogP contribution in [0.1, 0.15) is 17.8 Å². The van der Waals surface area contributed by atoms with Crippen molar-refractivity contribution >= 4 is 23.7 Å². The summed E-state index contributed by atoms with van der Waals surface area (Å²) >= 11 is 1.62. The highest BCUT2D eigenvalue weighted by Gasteiger charge is 2.43. The first-order valence-corrected chi connectivity index (χ1v) is 6.97. The quantitative estimate of drug-likeness (QED) is 0.725. The lowest BCUT2D eigenvalue weighted by Gasteiger charge is -2.28. The number of nitrogens with one attached hydrogen (secondary N) is 1. The molecule has 1 aromatic rings. The molecule has 19 heavy (non-hydrogen) atoms. The maximum atomic E-state index is 9.70. The highest BCUT2D eigenvalue weighted by atomic mass is 35.5. The van der Waals surface area contributed by atoms with Gasteiger partial charge in [0.15, 0.2) is 0 Å². The average molecular weight is 309 g/mol. The standard InChI is InChI=1S/C12H20N2O3S.ClH/c1-17-8-12(4-9(15)10(16)5-12)7-13-6-11-14-2-3-18-11;/h2-3,9-10,13,15-16H,4-8H2,1H3;1H/t9-,10+,12?;. The number of ether oxygens (including phenoxy) is 1. The Kier molecular flexibility index (Phi) is 6.65. The summed E-state index contributed by atoms with van der Waals surface area (Å²) in [4.78, 5) is 4.20. The van der Waals surface area contributed by atoms with E-state index in [-0.39, 0.29) is 17.8 Å². The van der Waals surface area contributed by atoms with Crippen LogP contribution in [0.2, 0.25) is 0 Å². The zero-order chi connectivity index (χ0) is 13.0. The summed E-state index contributed by atoms with van der Waals surface area (Å²) in [5.41, 5.74) is -0.176. The van der Waals surface area contributed by atoms with E-state index in [1.807, 2.05) is 5.38 Å². The van der Waals surface area contributed by atoms with Crippen LogP contribution in [-0.4, -0.2) is 47.7 Å². The number of aliphatic hydroxyl groups is 2. The molecule has 110 valence electrons. The Morgan fingerprint density at radius 3 is 2.68 bits per heavy atom. The van der Waals surface area contributed by atoms with Gasteiger partial charge in [-0.15, -0.1) is 23.7 Å². The topological polar surface area (TPSA) is 74.6 Å². The van der Waals surface area contributed by atoms with E-state index in [0.29, 0.717) is 26.0 Å². The molecule has 0 bridgehead atoms. The van der Waals surface area contributed by atoms with Crippen LogP contribution >= 0.6 is 23.7 Å². The first-order chi connectivity index (χ1) is 8.65. The van der Waals surface area contributed by atoms with E-state index in [0.717, 1.165) is 11.6 Å². The van der Waals surface area contributed by atoms with Gasteiger partial charge in [0, 0.05) is 37.2 Å². The minimum atomic E-state index is -0.637. The van der Waals surface area contributed by atoms with Gasteiger partial charge in [-0.2, -0.15) is 0 Å². The number of methoxy groups -OCH3 is 1. The molecule has 3 atom stereocenters. The molecule has 1 aliphatic rings. The second-order valence-corrected chi connectivity index (χ2v) is 5.98.